The van der Waals surface area contributed by atoms with E-state index < -0.39 is 5.60 Å². The number of benzene rings is 1. The Bertz CT molecular complexity index is 834. The van der Waals surface area contributed by atoms with Crippen molar-refractivity contribution in [3.63, 3.8) is 0 Å². The van der Waals surface area contributed by atoms with E-state index in [1.165, 1.54) is 0 Å². The van der Waals surface area contributed by atoms with Gasteiger partial charge < -0.3 is 19.3 Å². The predicted molar refractivity (Wildman–Crippen MR) is 110 cm³/mol. The highest BCUT2D eigenvalue weighted by Crippen LogP contribution is 2.30. The molecule has 1 aliphatic rings. The number of ether oxygens (including phenoxy) is 2. The van der Waals surface area contributed by atoms with Crippen LogP contribution >= 0.6 is 0 Å². The molecule has 1 fully saturated rings. The lowest BCUT2D eigenvalue weighted by atomic mass is 10.0. The third-order valence-electron chi connectivity index (χ3n) is 4.73. The number of hydrogen-bond acceptors (Lipinski definition) is 6. The first kappa shape index (κ1) is 20.2. The molecular formula is C21H30N4O3. The highest BCUT2D eigenvalue weighted by Gasteiger charge is 2.31. The van der Waals surface area contributed by atoms with Crippen molar-refractivity contribution in [3.05, 3.63) is 24.3 Å². The van der Waals surface area contributed by atoms with Crippen LogP contribution in [0.25, 0.3) is 11.0 Å². The second-order valence-corrected chi connectivity index (χ2v) is 8.11. The third-order valence-corrected chi connectivity index (χ3v) is 4.73. The summed E-state index contributed by atoms with van der Waals surface area (Å²) in [6.07, 6.45) is 1.59. The molecule has 28 heavy (non-hydrogen) atoms. The van der Waals surface area contributed by atoms with E-state index in [9.17, 15) is 4.79 Å². The summed E-state index contributed by atoms with van der Waals surface area (Å²) in [5, 5.41) is 0. The molecule has 2 aromatic rings. The van der Waals surface area contributed by atoms with Crippen LogP contribution in [0.4, 0.5) is 10.6 Å². The van der Waals surface area contributed by atoms with Crippen molar-refractivity contribution in [2.24, 2.45) is 0 Å². The number of anilines is 1. The van der Waals surface area contributed by atoms with Crippen LogP contribution in [0.5, 0.6) is 5.88 Å². The number of rotatable bonds is 4. The standard InChI is InChI=1S/C21H30N4O3/c1-6-27-19-18(22-16-11-7-8-12-17(16)23-19)25-13-9-10-15(14-25)24(5)20(26)28-21(2,3)4/h7-8,11-12,15H,6,9-10,13-14H2,1-5H3/t15-/m0/s1. The summed E-state index contributed by atoms with van der Waals surface area (Å²) in [4.78, 5) is 25.8. The minimum absolute atomic E-state index is 0.0475. The lowest BCUT2D eigenvalue weighted by Crippen LogP contribution is -2.50. The fraction of sp³-hybridized carbons (Fsp3) is 0.571. The average molecular weight is 386 g/mol. The van der Waals surface area contributed by atoms with Crippen molar-refractivity contribution in [1.82, 2.24) is 14.9 Å². The van der Waals surface area contributed by atoms with Crippen LogP contribution in [0.2, 0.25) is 0 Å². The monoisotopic (exact) mass is 386 g/mol. The SMILES string of the molecule is CCOc1nc2ccccc2nc1N1CCC[C@H](N(C)C(=O)OC(C)(C)C)C1. The molecule has 3 rings (SSSR count). The predicted octanol–water partition coefficient (Wildman–Crippen LogP) is 3.86. The minimum Gasteiger partial charge on any atom is -0.475 e. The highest BCUT2D eigenvalue weighted by molar-refractivity contribution is 5.77. The van der Waals surface area contributed by atoms with E-state index in [-0.39, 0.29) is 12.1 Å². The molecule has 1 atom stereocenters. The average Bonchev–Trinajstić information content (AvgIpc) is 2.66. The largest absolute Gasteiger partial charge is 0.475 e. The molecule has 7 nitrogen and oxygen atoms in total. The molecule has 1 amide bonds. The fourth-order valence-corrected chi connectivity index (χ4v) is 3.36. The maximum atomic E-state index is 12.5. The van der Waals surface area contributed by atoms with Crippen molar-refractivity contribution in [3.8, 4) is 5.88 Å². The maximum Gasteiger partial charge on any atom is 0.410 e. The van der Waals surface area contributed by atoms with Crippen LogP contribution in [0.3, 0.4) is 0 Å². The van der Waals surface area contributed by atoms with Gasteiger partial charge in [0.05, 0.1) is 23.7 Å². The van der Waals surface area contributed by atoms with Gasteiger partial charge in [0.1, 0.15) is 5.60 Å². The van der Waals surface area contributed by atoms with Gasteiger partial charge in [0, 0.05) is 20.1 Å². The number of likely N-dealkylation sites (N-methyl/N-ethyl adjacent to an activating group) is 1. The van der Waals surface area contributed by atoms with Gasteiger partial charge in [-0.2, -0.15) is 0 Å². The molecule has 1 saturated heterocycles. The Balaban J connectivity index is 1.83. The van der Waals surface area contributed by atoms with Crippen LogP contribution in [-0.4, -0.2) is 59.3 Å². The number of hydrogen-bond donors (Lipinski definition) is 0. The minimum atomic E-state index is -0.508. The van der Waals surface area contributed by atoms with Crippen LogP contribution < -0.4 is 9.64 Å². The van der Waals surface area contributed by atoms with E-state index in [1.54, 1.807) is 11.9 Å². The molecule has 1 aromatic heterocycles. The molecule has 1 aromatic carbocycles. The quantitative estimate of drug-likeness (QED) is 0.795. The number of fused-ring (bicyclic) bond motifs is 1. The van der Waals surface area contributed by atoms with Crippen LogP contribution in [0.1, 0.15) is 40.5 Å². The molecule has 0 aliphatic carbocycles. The topological polar surface area (TPSA) is 67.8 Å². The summed E-state index contributed by atoms with van der Waals surface area (Å²) in [6, 6.07) is 7.83. The van der Waals surface area contributed by atoms with Gasteiger partial charge in [-0.25, -0.2) is 14.8 Å². The van der Waals surface area contributed by atoms with E-state index in [1.807, 2.05) is 52.0 Å². The lowest BCUT2D eigenvalue weighted by Gasteiger charge is -2.38. The van der Waals surface area contributed by atoms with Gasteiger partial charge in [-0.3, -0.25) is 0 Å². The zero-order chi connectivity index (χ0) is 20.3. The Morgan fingerprint density at radius 1 is 1.25 bits per heavy atom. The second-order valence-electron chi connectivity index (χ2n) is 8.11. The maximum absolute atomic E-state index is 12.5. The third kappa shape index (κ3) is 4.64. The van der Waals surface area contributed by atoms with Crippen molar-refractivity contribution >= 4 is 22.9 Å². The van der Waals surface area contributed by atoms with Gasteiger partial charge in [-0.1, -0.05) is 12.1 Å². The van der Waals surface area contributed by atoms with Gasteiger partial charge >= 0.3 is 6.09 Å². The first-order chi connectivity index (χ1) is 13.3. The van der Waals surface area contributed by atoms with Gasteiger partial charge in [0.15, 0.2) is 5.82 Å². The normalized spacial score (nSPS) is 17.5. The molecule has 0 unspecified atom stereocenters. The summed E-state index contributed by atoms with van der Waals surface area (Å²) < 4.78 is 11.3. The first-order valence-electron chi connectivity index (χ1n) is 9.89. The summed E-state index contributed by atoms with van der Waals surface area (Å²) >= 11 is 0. The van der Waals surface area contributed by atoms with Crippen LogP contribution in [0.15, 0.2) is 24.3 Å². The van der Waals surface area contributed by atoms with E-state index in [0.717, 1.165) is 36.2 Å². The Hall–Kier alpha value is -2.57. The van der Waals surface area contributed by atoms with Gasteiger partial charge in [-0.15, -0.1) is 0 Å². The Kier molecular flexibility index (Phi) is 5.91. The number of piperidine rings is 1. The van der Waals surface area contributed by atoms with E-state index in [2.05, 4.69) is 9.88 Å². The summed E-state index contributed by atoms with van der Waals surface area (Å²) in [5.41, 5.74) is 1.14. The van der Waals surface area contributed by atoms with E-state index in [0.29, 0.717) is 19.0 Å². The Morgan fingerprint density at radius 2 is 1.93 bits per heavy atom. The number of carbonyl (C=O) groups is 1. The zero-order valence-corrected chi connectivity index (χ0v) is 17.4. The highest BCUT2D eigenvalue weighted by atomic mass is 16.6. The van der Waals surface area contributed by atoms with Gasteiger partial charge in [-0.05, 0) is 52.7 Å². The van der Waals surface area contributed by atoms with E-state index >= 15 is 0 Å². The van der Waals surface area contributed by atoms with Gasteiger partial charge in [0.2, 0.25) is 0 Å². The summed E-state index contributed by atoms with van der Waals surface area (Å²) in [7, 11) is 1.80. The number of carbonyl (C=O) groups excluding carboxylic acids is 1. The van der Waals surface area contributed by atoms with Crippen LogP contribution in [0, 0.1) is 0 Å². The fourth-order valence-electron chi connectivity index (χ4n) is 3.36. The number of nitrogens with zero attached hydrogens (tertiary/aromatic N) is 4. The van der Waals surface area contributed by atoms with Crippen LogP contribution in [-0.2, 0) is 4.74 Å². The zero-order valence-electron chi connectivity index (χ0n) is 17.4. The molecule has 0 N–H and O–H groups in total. The van der Waals surface area contributed by atoms with Crippen molar-refractivity contribution in [1.29, 1.82) is 0 Å². The molecule has 2 heterocycles. The molecule has 0 bridgehead atoms. The van der Waals surface area contributed by atoms with E-state index in [4.69, 9.17) is 14.5 Å². The molecule has 7 heteroatoms. The number of amides is 1. The lowest BCUT2D eigenvalue weighted by molar-refractivity contribution is 0.0209. The van der Waals surface area contributed by atoms with Crippen molar-refractivity contribution in [2.75, 3.05) is 31.6 Å². The molecule has 0 spiro atoms. The molecular weight excluding hydrogens is 356 g/mol. The smallest absolute Gasteiger partial charge is 0.410 e. The molecule has 152 valence electrons. The van der Waals surface area contributed by atoms with Crippen molar-refractivity contribution < 1.29 is 14.3 Å². The van der Waals surface area contributed by atoms with Gasteiger partial charge in [0.25, 0.3) is 5.88 Å². The van der Waals surface area contributed by atoms with Crippen molar-refractivity contribution in [2.45, 2.75) is 52.2 Å². The molecule has 1 aliphatic heterocycles. The summed E-state index contributed by atoms with van der Waals surface area (Å²) in [5.74, 6) is 1.28. The second kappa shape index (κ2) is 8.20. The Labute approximate surface area is 166 Å². The number of para-hydroxylation sites is 2. The number of aromatic nitrogens is 2. The molecule has 0 radical (unpaired) electrons. The molecule has 0 saturated carbocycles. The summed E-state index contributed by atoms with van der Waals surface area (Å²) in [6.45, 7) is 9.63. The Morgan fingerprint density at radius 3 is 2.57 bits per heavy atom. The first-order valence-corrected chi connectivity index (χ1v) is 9.89.